The second kappa shape index (κ2) is 9.10. The third-order valence-corrected chi connectivity index (χ3v) is 5.47. The molecule has 6 nitrogen and oxygen atoms in total. The van der Waals surface area contributed by atoms with Crippen LogP contribution in [0.25, 0.3) is 0 Å². The number of nitrogens with one attached hydrogen (secondary N) is 1. The smallest absolute Gasteiger partial charge is 0.243 e. The molecule has 1 unspecified atom stereocenters. The van der Waals surface area contributed by atoms with Gasteiger partial charge in [-0.2, -0.15) is 0 Å². The normalized spacial score (nSPS) is 12.3. The van der Waals surface area contributed by atoms with Crippen molar-refractivity contribution in [1.29, 1.82) is 0 Å². The highest BCUT2D eigenvalue weighted by Crippen LogP contribution is 2.24. The number of hydrogen-bond donors (Lipinski definition) is 1. The van der Waals surface area contributed by atoms with Crippen LogP contribution in [0.2, 0.25) is 0 Å². The Morgan fingerprint density at radius 1 is 1.14 bits per heavy atom. The molecule has 0 saturated carbocycles. The average molecular weight is 405 g/mol. The van der Waals surface area contributed by atoms with Crippen LogP contribution in [0.5, 0.6) is 5.75 Å². The summed E-state index contributed by atoms with van der Waals surface area (Å²) in [4.78, 5) is 12.7. The largest absolute Gasteiger partial charge is 0.494 e. The van der Waals surface area contributed by atoms with Gasteiger partial charge >= 0.3 is 0 Å². The predicted molar refractivity (Wildman–Crippen MR) is 112 cm³/mol. The van der Waals surface area contributed by atoms with Gasteiger partial charge in [0, 0.05) is 6.54 Å². The van der Waals surface area contributed by atoms with Crippen molar-refractivity contribution in [3.8, 4) is 5.75 Å². The molecule has 0 fully saturated rings. The van der Waals surface area contributed by atoms with Crippen molar-refractivity contribution >= 4 is 21.6 Å². The van der Waals surface area contributed by atoms with Crippen molar-refractivity contribution in [2.24, 2.45) is 0 Å². The number of aryl methyl sites for hydroxylation is 2. The van der Waals surface area contributed by atoms with Crippen LogP contribution in [0.4, 0.5) is 5.69 Å². The topological polar surface area (TPSA) is 75.7 Å². The van der Waals surface area contributed by atoms with E-state index in [1.165, 1.54) is 4.31 Å². The Labute approximate surface area is 167 Å². The number of carbonyl (C=O) groups excluding carboxylic acids is 1. The maximum absolute atomic E-state index is 12.7. The molecule has 2 aromatic rings. The number of hydrogen-bond acceptors (Lipinski definition) is 4. The second-order valence-corrected chi connectivity index (χ2v) is 8.74. The third kappa shape index (κ3) is 5.73. The minimum Gasteiger partial charge on any atom is -0.494 e. The molecule has 28 heavy (non-hydrogen) atoms. The first-order valence-corrected chi connectivity index (χ1v) is 11.0. The molecule has 7 heteroatoms. The van der Waals surface area contributed by atoms with Gasteiger partial charge in [0.25, 0.3) is 0 Å². The van der Waals surface area contributed by atoms with E-state index in [-0.39, 0.29) is 12.5 Å². The number of ether oxygens (including phenoxy) is 1. The molecule has 1 N–H and O–H groups in total. The van der Waals surface area contributed by atoms with Gasteiger partial charge in [0.05, 0.1) is 18.6 Å². The van der Waals surface area contributed by atoms with Crippen molar-refractivity contribution in [2.75, 3.05) is 17.2 Å². The Balaban J connectivity index is 2.19. The summed E-state index contributed by atoms with van der Waals surface area (Å²) < 4.78 is 31.5. The van der Waals surface area contributed by atoms with Crippen LogP contribution in [0, 0.1) is 13.8 Å². The summed E-state index contributed by atoms with van der Waals surface area (Å²) in [6, 6.07) is 12.0. The van der Waals surface area contributed by atoms with Gasteiger partial charge in [-0.1, -0.05) is 18.2 Å². The van der Waals surface area contributed by atoms with Crippen LogP contribution >= 0.6 is 0 Å². The van der Waals surface area contributed by atoms with Crippen molar-refractivity contribution in [3.05, 3.63) is 59.2 Å². The zero-order valence-corrected chi connectivity index (χ0v) is 17.8. The Hall–Kier alpha value is -2.54. The van der Waals surface area contributed by atoms with E-state index >= 15 is 0 Å². The molecule has 0 aromatic heterocycles. The van der Waals surface area contributed by atoms with Crippen LogP contribution in [0.15, 0.2) is 42.5 Å². The number of sulfonamides is 1. The zero-order chi connectivity index (χ0) is 20.9. The summed E-state index contributed by atoms with van der Waals surface area (Å²) in [5, 5.41) is 2.82. The molecule has 1 atom stereocenters. The van der Waals surface area contributed by atoms with Crippen LogP contribution in [-0.2, 0) is 21.4 Å². The molecular weight excluding hydrogens is 376 g/mol. The fourth-order valence-corrected chi connectivity index (χ4v) is 4.29. The molecular formula is C21H28N2O4S. The Kier molecular flexibility index (Phi) is 7.07. The number of amides is 1. The van der Waals surface area contributed by atoms with Gasteiger partial charge in [-0.15, -0.1) is 0 Å². The van der Waals surface area contributed by atoms with Crippen molar-refractivity contribution in [1.82, 2.24) is 5.32 Å². The summed E-state index contributed by atoms with van der Waals surface area (Å²) >= 11 is 0. The van der Waals surface area contributed by atoms with Crippen molar-refractivity contribution in [2.45, 2.75) is 40.3 Å². The summed E-state index contributed by atoms with van der Waals surface area (Å²) in [5.74, 6) is 0.363. The lowest BCUT2D eigenvalue weighted by Crippen LogP contribution is -2.47. The number of benzene rings is 2. The molecule has 0 aliphatic rings. The first-order valence-electron chi connectivity index (χ1n) is 9.19. The zero-order valence-electron chi connectivity index (χ0n) is 17.0. The van der Waals surface area contributed by atoms with E-state index in [0.717, 1.165) is 28.7 Å². The summed E-state index contributed by atoms with van der Waals surface area (Å²) in [6.45, 7) is 8.13. The summed E-state index contributed by atoms with van der Waals surface area (Å²) in [6.07, 6.45) is 1.11. The molecule has 0 aliphatic heterocycles. The van der Waals surface area contributed by atoms with Gasteiger partial charge < -0.3 is 10.1 Å². The van der Waals surface area contributed by atoms with Crippen molar-refractivity contribution in [3.63, 3.8) is 0 Å². The van der Waals surface area contributed by atoms with Crippen LogP contribution in [-0.4, -0.2) is 33.2 Å². The molecule has 0 aliphatic carbocycles. The number of rotatable bonds is 8. The first-order chi connectivity index (χ1) is 13.1. The SMILES string of the molecule is CCOc1cccc(CNC(=O)C(C)N(c2cc(C)cc(C)c2)S(C)(=O)=O)c1. The Morgan fingerprint density at radius 3 is 2.36 bits per heavy atom. The first kappa shape index (κ1) is 21.8. The maximum Gasteiger partial charge on any atom is 0.243 e. The Bertz CT molecular complexity index is 921. The molecule has 2 rings (SSSR count). The van der Waals surface area contributed by atoms with E-state index in [1.807, 2.05) is 51.1 Å². The van der Waals surface area contributed by atoms with Crippen LogP contribution < -0.4 is 14.4 Å². The molecule has 1 amide bonds. The van der Waals surface area contributed by atoms with E-state index in [9.17, 15) is 13.2 Å². The lowest BCUT2D eigenvalue weighted by molar-refractivity contribution is -0.122. The van der Waals surface area contributed by atoms with E-state index in [2.05, 4.69) is 5.32 Å². The highest BCUT2D eigenvalue weighted by atomic mass is 32.2. The summed E-state index contributed by atoms with van der Waals surface area (Å²) in [5.41, 5.74) is 3.23. The fourth-order valence-electron chi connectivity index (χ4n) is 3.14. The fraction of sp³-hybridized carbons (Fsp3) is 0.381. The van der Waals surface area contributed by atoms with E-state index in [0.29, 0.717) is 12.3 Å². The number of carbonyl (C=O) groups is 1. The van der Waals surface area contributed by atoms with E-state index in [1.54, 1.807) is 19.1 Å². The molecule has 0 spiro atoms. The van der Waals surface area contributed by atoms with Crippen molar-refractivity contribution < 1.29 is 17.9 Å². The molecule has 0 radical (unpaired) electrons. The predicted octanol–water partition coefficient (Wildman–Crippen LogP) is 3.17. The molecule has 2 aromatic carbocycles. The highest BCUT2D eigenvalue weighted by molar-refractivity contribution is 7.92. The quantitative estimate of drug-likeness (QED) is 0.733. The van der Waals surface area contributed by atoms with Crippen LogP contribution in [0.1, 0.15) is 30.5 Å². The van der Waals surface area contributed by atoms with Gasteiger partial charge in [0.2, 0.25) is 15.9 Å². The molecule has 0 saturated heterocycles. The summed E-state index contributed by atoms with van der Waals surface area (Å²) in [7, 11) is -3.64. The Morgan fingerprint density at radius 2 is 1.79 bits per heavy atom. The second-order valence-electron chi connectivity index (χ2n) is 6.88. The average Bonchev–Trinajstić information content (AvgIpc) is 2.58. The van der Waals surface area contributed by atoms with Gasteiger partial charge in [-0.25, -0.2) is 8.42 Å². The van der Waals surface area contributed by atoms with Gasteiger partial charge in [0.1, 0.15) is 11.8 Å². The minimum absolute atomic E-state index is 0.286. The lowest BCUT2D eigenvalue weighted by atomic mass is 10.1. The van der Waals surface area contributed by atoms with Gasteiger partial charge in [-0.05, 0) is 68.7 Å². The third-order valence-electron chi connectivity index (χ3n) is 4.23. The minimum atomic E-state index is -3.64. The molecule has 0 heterocycles. The molecule has 152 valence electrons. The van der Waals surface area contributed by atoms with Gasteiger partial charge in [0.15, 0.2) is 0 Å². The van der Waals surface area contributed by atoms with Crippen LogP contribution in [0.3, 0.4) is 0 Å². The number of anilines is 1. The van der Waals surface area contributed by atoms with Gasteiger partial charge in [-0.3, -0.25) is 9.10 Å². The van der Waals surface area contributed by atoms with E-state index in [4.69, 9.17) is 4.74 Å². The lowest BCUT2D eigenvalue weighted by Gasteiger charge is -2.28. The monoisotopic (exact) mass is 404 g/mol. The van der Waals surface area contributed by atoms with E-state index < -0.39 is 16.1 Å². The molecule has 0 bridgehead atoms. The standard InChI is InChI=1S/C21H28N2O4S/c1-6-27-20-9-7-8-18(13-20)14-22-21(24)17(4)23(28(5,25)26)19-11-15(2)10-16(3)12-19/h7-13,17H,6,14H2,1-5H3,(H,22,24). The highest BCUT2D eigenvalue weighted by Gasteiger charge is 2.29. The maximum atomic E-state index is 12.7. The number of nitrogens with zero attached hydrogens (tertiary/aromatic N) is 1.